The molecular formula is C23H31N3O4. The Bertz CT molecular complexity index is 829. The van der Waals surface area contributed by atoms with Gasteiger partial charge in [-0.15, -0.1) is 0 Å². The Morgan fingerprint density at radius 1 is 1.23 bits per heavy atom. The number of benzene rings is 1. The lowest BCUT2D eigenvalue weighted by molar-refractivity contribution is -0.134. The van der Waals surface area contributed by atoms with E-state index in [2.05, 4.69) is 5.32 Å². The normalized spacial score (nSPS) is 15.9. The van der Waals surface area contributed by atoms with Crippen molar-refractivity contribution in [1.82, 2.24) is 9.80 Å². The molecule has 1 unspecified atom stereocenters. The third-order valence-electron chi connectivity index (χ3n) is 5.19. The first-order valence-corrected chi connectivity index (χ1v) is 10.5. The number of urea groups is 1. The molecule has 7 nitrogen and oxygen atoms in total. The van der Waals surface area contributed by atoms with Crippen molar-refractivity contribution in [3.05, 3.63) is 54.0 Å². The predicted octanol–water partition coefficient (Wildman–Crippen LogP) is 4.04. The Hall–Kier alpha value is -2.80. The summed E-state index contributed by atoms with van der Waals surface area (Å²) in [5.74, 6) is 0.580. The summed E-state index contributed by atoms with van der Waals surface area (Å²) in [6, 6.07) is 10.8. The van der Waals surface area contributed by atoms with Gasteiger partial charge in [0, 0.05) is 24.9 Å². The molecule has 0 radical (unpaired) electrons. The van der Waals surface area contributed by atoms with E-state index in [0.29, 0.717) is 24.5 Å². The van der Waals surface area contributed by atoms with E-state index >= 15 is 0 Å². The second-order valence-electron chi connectivity index (χ2n) is 8.01. The lowest BCUT2D eigenvalue weighted by atomic mass is 10.2. The first kappa shape index (κ1) is 21.9. The van der Waals surface area contributed by atoms with Gasteiger partial charge in [-0.25, -0.2) is 4.79 Å². The molecule has 0 spiro atoms. The van der Waals surface area contributed by atoms with Crippen LogP contribution < -0.4 is 5.32 Å². The van der Waals surface area contributed by atoms with Crippen LogP contribution in [0.5, 0.6) is 0 Å². The van der Waals surface area contributed by atoms with E-state index in [0.717, 1.165) is 25.0 Å². The number of furan rings is 1. The molecule has 7 heteroatoms. The van der Waals surface area contributed by atoms with Crippen molar-refractivity contribution in [2.75, 3.05) is 25.0 Å². The van der Waals surface area contributed by atoms with Crippen LogP contribution in [-0.2, 0) is 16.1 Å². The van der Waals surface area contributed by atoms with E-state index in [1.54, 1.807) is 22.1 Å². The SMILES string of the molecule is Cc1cccc(NC(=O)N(CC(=O)N(Cc2ccco2)CC2CCCO2)C(C)C)c1. The minimum Gasteiger partial charge on any atom is -0.467 e. The van der Waals surface area contributed by atoms with Gasteiger partial charge in [-0.05, 0) is 63.4 Å². The van der Waals surface area contributed by atoms with Crippen molar-refractivity contribution in [3.63, 3.8) is 0 Å². The molecule has 3 amide bonds. The summed E-state index contributed by atoms with van der Waals surface area (Å²) in [5, 5.41) is 2.90. The van der Waals surface area contributed by atoms with Gasteiger partial charge in [0.25, 0.3) is 0 Å². The lowest BCUT2D eigenvalue weighted by Crippen LogP contribution is -2.48. The molecule has 1 atom stereocenters. The molecule has 1 N–H and O–H groups in total. The first-order valence-electron chi connectivity index (χ1n) is 10.5. The molecule has 0 bridgehead atoms. The number of rotatable bonds is 8. The molecule has 162 valence electrons. The molecule has 1 saturated heterocycles. The molecule has 1 aliphatic rings. The number of ether oxygens (including phenoxy) is 1. The van der Waals surface area contributed by atoms with E-state index in [-0.39, 0.29) is 30.6 Å². The highest BCUT2D eigenvalue weighted by Gasteiger charge is 2.27. The zero-order chi connectivity index (χ0) is 21.5. The van der Waals surface area contributed by atoms with Crippen LogP contribution in [0.4, 0.5) is 10.5 Å². The van der Waals surface area contributed by atoms with Crippen LogP contribution in [0.2, 0.25) is 0 Å². The summed E-state index contributed by atoms with van der Waals surface area (Å²) in [5.41, 5.74) is 1.77. The molecule has 1 aromatic heterocycles. The maximum atomic E-state index is 13.2. The van der Waals surface area contributed by atoms with E-state index < -0.39 is 0 Å². The fourth-order valence-corrected chi connectivity index (χ4v) is 3.53. The van der Waals surface area contributed by atoms with Crippen LogP contribution in [0.15, 0.2) is 47.1 Å². The third kappa shape index (κ3) is 6.10. The van der Waals surface area contributed by atoms with Gasteiger partial charge in [0.2, 0.25) is 5.91 Å². The Labute approximate surface area is 178 Å². The zero-order valence-corrected chi connectivity index (χ0v) is 18.0. The van der Waals surface area contributed by atoms with E-state index in [9.17, 15) is 9.59 Å². The van der Waals surface area contributed by atoms with Gasteiger partial charge < -0.3 is 24.3 Å². The number of anilines is 1. The predicted molar refractivity (Wildman–Crippen MR) is 115 cm³/mol. The highest BCUT2D eigenvalue weighted by molar-refractivity contribution is 5.92. The minimum atomic E-state index is -0.293. The number of nitrogens with one attached hydrogen (secondary N) is 1. The van der Waals surface area contributed by atoms with Crippen LogP contribution in [-0.4, -0.2) is 53.6 Å². The van der Waals surface area contributed by atoms with Gasteiger partial charge in [0.05, 0.1) is 18.9 Å². The number of carbonyl (C=O) groups excluding carboxylic acids is 2. The topological polar surface area (TPSA) is 75.0 Å². The van der Waals surface area contributed by atoms with Gasteiger partial charge in [0.1, 0.15) is 12.3 Å². The van der Waals surface area contributed by atoms with E-state index in [4.69, 9.17) is 9.15 Å². The second kappa shape index (κ2) is 10.3. The molecule has 0 aliphatic carbocycles. The maximum Gasteiger partial charge on any atom is 0.322 e. The van der Waals surface area contributed by atoms with Gasteiger partial charge in [0.15, 0.2) is 0 Å². The van der Waals surface area contributed by atoms with Crippen molar-refractivity contribution in [3.8, 4) is 0 Å². The van der Waals surface area contributed by atoms with Crippen LogP contribution in [0.3, 0.4) is 0 Å². The van der Waals surface area contributed by atoms with Gasteiger partial charge in [-0.1, -0.05) is 12.1 Å². The minimum absolute atomic E-state index is 0.0112. The van der Waals surface area contributed by atoms with Crippen LogP contribution in [0.1, 0.15) is 38.0 Å². The molecule has 1 fully saturated rings. The molecule has 3 rings (SSSR count). The zero-order valence-electron chi connectivity index (χ0n) is 18.0. The number of carbonyl (C=O) groups is 2. The summed E-state index contributed by atoms with van der Waals surface area (Å²) in [6.07, 6.45) is 3.56. The molecule has 2 aromatic rings. The van der Waals surface area contributed by atoms with Crippen molar-refractivity contribution in [1.29, 1.82) is 0 Å². The van der Waals surface area contributed by atoms with Crippen LogP contribution in [0.25, 0.3) is 0 Å². The van der Waals surface area contributed by atoms with Crippen molar-refractivity contribution in [2.24, 2.45) is 0 Å². The number of amides is 3. The van der Waals surface area contributed by atoms with Crippen LogP contribution >= 0.6 is 0 Å². The van der Waals surface area contributed by atoms with Gasteiger partial charge in [-0.3, -0.25) is 4.79 Å². The van der Waals surface area contributed by atoms with Gasteiger partial charge >= 0.3 is 6.03 Å². The summed E-state index contributed by atoms with van der Waals surface area (Å²) >= 11 is 0. The van der Waals surface area contributed by atoms with Gasteiger partial charge in [-0.2, -0.15) is 0 Å². The Morgan fingerprint density at radius 2 is 2.07 bits per heavy atom. The number of hydrogen-bond acceptors (Lipinski definition) is 4. The molecular weight excluding hydrogens is 382 g/mol. The van der Waals surface area contributed by atoms with E-state index in [1.807, 2.05) is 51.1 Å². The van der Waals surface area contributed by atoms with Crippen molar-refractivity contribution >= 4 is 17.6 Å². The summed E-state index contributed by atoms with van der Waals surface area (Å²) < 4.78 is 11.2. The third-order valence-corrected chi connectivity index (χ3v) is 5.19. The molecule has 0 saturated carbocycles. The fraction of sp³-hybridized carbons (Fsp3) is 0.478. The summed E-state index contributed by atoms with van der Waals surface area (Å²) in [6.45, 7) is 7.34. The monoisotopic (exact) mass is 413 g/mol. The van der Waals surface area contributed by atoms with Crippen molar-refractivity contribution < 1.29 is 18.7 Å². The summed E-state index contributed by atoms with van der Waals surface area (Å²) in [4.78, 5) is 29.4. The lowest BCUT2D eigenvalue weighted by Gasteiger charge is -2.31. The maximum absolute atomic E-state index is 13.2. The average Bonchev–Trinajstić information content (AvgIpc) is 3.39. The van der Waals surface area contributed by atoms with Crippen LogP contribution in [0, 0.1) is 6.92 Å². The number of nitrogens with zero attached hydrogens (tertiary/aromatic N) is 2. The molecule has 2 heterocycles. The van der Waals surface area contributed by atoms with Crippen molar-refractivity contribution in [2.45, 2.75) is 52.3 Å². The summed E-state index contributed by atoms with van der Waals surface area (Å²) in [7, 11) is 0. The first-order chi connectivity index (χ1) is 14.4. The standard InChI is InChI=1S/C23H31N3O4/c1-17(2)26(23(28)24-19-8-4-7-18(3)13-19)16-22(27)25(14-20-9-5-11-29-20)15-21-10-6-12-30-21/h4-5,7-9,11,13,17,21H,6,10,12,14-16H2,1-3H3,(H,24,28). The highest BCUT2D eigenvalue weighted by atomic mass is 16.5. The molecule has 1 aromatic carbocycles. The Morgan fingerprint density at radius 3 is 2.70 bits per heavy atom. The Kier molecular flexibility index (Phi) is 7.52. The smallest absolute Gasteiger partial charge is 0.322 e. The average molecular weight is 414 g/mol. The molecule has 1 aliphatic heterocycles. The molecule has 30 heavy (non-hydrogen) atoms. The number of aryl methyl sites for hydroxylation is 1. The second-order valence-corrected chi connectivity index (χ2v) is 8.01. The van der Waals surface area contributed by atoms with E-state index in [1.165, 1.54) is 0 Å². The fourth-order valence-electron chi connectivity index (χ4n) is 3.53. The quantitative estimate of drug-likeness (QED) is 0.709. The highest BCUT2D eigenvalue weighted by Crippen LogP contribution is 2.17. The Balaban J connectivity index is 1.68. The number of hydrogen-bond donors (Lipinski definition) is 1. The largest absolute Gasteiger partial charge is 0.467 e.